The summed E-state index contributed by atoms with van der Waals surface area (Å²) in [5.41, 5.74) is 0.808. The minimum atomic E-state index is -0.789. The lowest BCUT2D eigenvalue weighted by atomic mass is 9.91. The summed E-state index contributed by atoms with van der Waals surface area (Å²) in [4.78, 5) is 46.2. The predicted octanol–water partition coefficient (Wildman–Crippen LogP) is 2.77. The van der Waals surface area contributed by atoms with Gasteiger partial charge in [0.15, 0.2) is 0 Å². The Kier molecular flexibility index (Phi) is 12.2. The number of fused-ring (bicyclic) bond motifs is 1. The van der Waals surface area contributed by atoms with Gasteiger partial charge in [-0.15, -0.1) is 11.3 Å². The molecule has 3 N–H and O–H groups in total. The molecule has 2 fully saturated rings. The molecule has 0 spiro atoms. The predicted molar refractivity (Wildman–Crippen MR) is 160 cm³/mol. The molecular formula is C29H42ClN5O5S. The van der Waals surface area contributed by atoms with Gasteiger partial charge in [0.25, 0.3) is 0 Å². The van der Waals surface area contributed by atoms with Crippen LogP contribution in [0.4, 0.5) is 0 Å². The van der Waals surface area contributed by atoms with Gasteiger partial charge in [0, 0.05) is 69.2 Å². The number of nitrogens with one attached hydrogen (secondary N) is 3. The number of thiazole rings is 1. The maximum atomic E-state index is 13.7. The Hall–Kier alpha value is -2.31. The standard InChI is InChI=1S/C29H42ClN5O5S/c1-3-4-26(36)32-23(16-27-33-22-6-5-21(30)15-25(22)41-27)29(38)34-24(20-7-11-39-12-8-20)17-31-28(37)19(2)18-35-9-13-40-14-10-35/h5-6,15,19-20,23-24H,3-4,7-14,16-18H2,1-2H3,(H,31,37)(H,32,36)(H,34,38)/t19?,23-,24+/m0/s1. The van der Waals surface area contributed by atoms with Crippen LogP contribution in [0.5, 0.6) is 0 Å². The van der Waals surface area contributed by atoms with E-state index in [-0.39, 0.29) is 42.0 Å². The Morgan fingerprint density at radius 1 is 1.10 bits per heavy atom. The maximum absolute atomic E-state index is 13.7. The molecule has 0 radical (unpaired) electrons. The average molecular weight is 608 g/mol. The first-order chi connectivity index (χ1) is 19.8. The van der Waals surface area contributed by atoms with E-state index < -0.39 is 6.04 Å². The van der Waals surface area contributed by atoms with E-state index >= 15 is 0 Å². The first-order valence-corrected chi connectivity index (χ1v) is 15.8. The second-order valence-corrected chi connectivity index (χ2v) is 12.5. The molecule has 2 saturated heterocycles. The Morgan fingerprint density at radius 2 is 1.83 bits per heavy atom. The first kappa shape index (κ1) is 31.6. The summed E-state index contributed by atoms with van der Waals surface area (Å²) >= 11 is 7.61. The number of morpholine rings is 1. The third-order valence-electron chi connectivity index (χ3n) is 7.64. The topological polar surface area (TPSA) is 122 Å². The van der Waals surface area contributed by atoms with Crippen LogP contribution in [0.1, 0.15) is 44.5 Å². The van der Waals surface area contributed by atoms with Crippen molar-refractivity contribution >= 4 is 50.9 Å². The van der Waals surface area contributed by atoms with Gasteiger partial charge in [0.2, 0.25) is 17.7 Å². The van der Waals surface area contributed by atoms with Gasteiger partial charge in [-0.1, -0.05) is 25.4 Å². The normalized spacial score (nSPS) is 18.9. The van der Waals surface area contributed by atoms with Crippen molar-refractivity contribution in [1.82, 2.24) is 25.8 Å². The minimum Gasteiger partial charge on any atom is -0.381 e. The highest BCUT2D eigenvalue weighted by Gasteiger charge is 2.31. The molecule has 12 heteroatoms. The monoisotopic (exact) mass is 607 g/mol. The summed E-state index contributed by atoms with van der Waals surface area (Å²) in [6.07, 6.45) is 2.85. The summed E-state index contributed by atoms with van der Waals surface area (Å²) < 4.78 is 11.9. The van der Waals surface area contributed by atoms with Crippen molar-refractivity contribution in [2.75, 3.05) is 52.6 Å². The Morgan fingerprint density at radius 3 is 2.56 bits per heavy atom. The van der Waals surface area contributed by atoms with Crippen molar-refractivity contribution in [3.8, 4) is 0 Å². The molecule has 1 aromatic heterocycles. The third kappa shape index (κ3) is 9.61. The molecule has 3 amide bonds. The van der Waals surface area contributed by atoms with Crippen LogP contribution in [0, 0.1) is 11.8 Å². The fourth-order valence-electron chi connectivity index (χ4n) is 5.29. The van der Waals surface area contributed by atoms with E-state index in [1.807, 2.05) is 26.0 Å². The van der Waals surface area contributed by atoms with Crippen molar-refractivity contribution in [1.29, 1.82) is 0 Å². The van der Waals surface area contributed by atoms with Gasteiger partial charge in [0.1, 0.15) is 6.04 Å². The fourth-order valence-corrected chi connectivity index (χ4v) is 6.58. The lowest BCUT2D eigenvalue weighted by molar-refractivity contribution is -0.130. The molecular weight excluding hydrogens is 566 g/mol. The molecule has 2 aromatic rings. The van der Waals surface area contributed by atoms with Crippen LogP contribution in [0.15, 0.2) is 18.2 Å². The molecule has 3 atom stereocenters. The van der Waals surface area contributed by atoms with E-state index in [1.165, 1.54) is 11.3 Å². The number of amides is 3. The first-order valence-electron chi connectivity index (χ1n) is 14.6. The molecule has 0 saturated carbocycles. The molecule has 1 unspecified atom stereocenters. The molecule has 1 aromatic carbocycles. The molecule has 0 bridgehead atoms. The summed E-state index contributed by atoms with van der Waals surface area (Å²) in [5.74, 6) is -0.529. The fraction of sp³-hybridized carbons (Fsp3) is 0.655. The van der Waals surface area contributed by atoms with Gasteiger partial charge >= 0.3 is 0 Å². The quantitative estimate of drug-likeness (QED) is 0.320. The number of ether oxygens (including phenoxy) is 2. The van der Waals surface area contributed by atoms with Crippen LogP contribution in [-0.4, -0.2) is 92.3 Å². The molecule has 0 aliphatic carbocycles. The third-order valence-corrected chi connectivity index (χ3v) is 8.92. The number of halogens is 1. The molecule has 4 rings (SSSR count). The molecule has 3 heterocycles. The van der Waals surface area contributed by atoms with E-state index in [0.717, 1.165) is 41.2 Å². The second kappa shape index (κ2) is 15.8. The minimum absolute atomic E-state index is 0.0382. The number of carbonyl (C=O) groups is 3. The highest BCUT2D eigenvalue weighted by molar-refractivity contribution is 7.18. The van der Waals surface area contributed by atoms with E-state index in [2.05, 4.69) is 25.8 Å². The summed E-state index contributed by atoms with van der Waals surface area (Å²) in [5, 5.41) is 10.6. The van der Waals surface area contributed by atoms with Crippen LogP contribution < -0.4 is 16.0 Å². The molecule has 41 heavy (non-hydrogen) atoms. The van der Waals surface area contributed by atoms with Crippen molar-refractivity contribution in [3.63, 3.8) is 0 Å². The van der Waals surface area contributed by atoms with Gasteiger partial charge in [-0.2, -0.15) is 0 Å². The lowest BCUT2D eigenvalue weighted by Crippen LogP contribution is -2.56. The van der Waals surface area contributed by atoms with Crippen LogP contribution >= 0.6 is 22.9 Å². The van der Waals surface area contributed by atoms with Crippen LogP contribution in [0.3, 0.4) is 0 Å². The lowest BCUT2D eigenvalue weighted by Gasteiger charge is -2.33. The largest absolute Gasteiger partial charge is 0.381 e. The summed E-state index contributed by atoms with van der Waals surface area (Å²) in [6, 6.07) is 4.42. The highest BCUT2D eigenvalue weighted by atomic mass is 35.5. The Balaban J connectivity index is 1.43. The van der Waals surface area contributed by atoms with E-state index in [4.69, 9.17) is 21.1 Å². The van der Waals surface area contributed by atoms with Crippen molar-refractivity contribution < 1.29 is 23.9 Å². The van der Waals surface area contributed by atoms with Gasteiger partial charge in [-0.05, 0) is 43.4 Å². The zero-order valence-corrected chi connectivity index (χ0v) is 25.5. The van der Waals surface area contributed by atoms with Gasteiger partial charge in [-0.25, -0.2) is 4.98 Å². The van der Waals surface area contributed by atoms with Crippen LogP contribution in [0.25, 0.3) is 10.2 Å². The van der Waals surface area contributed by atoms with Crippen molar-refractivity contribution in [3.05, 3.63) is 28.2 Å². The molecule has 2 aliphatic heterocycles. The zero-order valence-electron chi connectivity index (χ0n) is 24.0. The molecule has 2 aliphatic rings. The maximum Gasteiger partial charge on any atom is 0.243 e. The number of hydrogen-bond acceptors (Lipinski definition) is 8. The zero-order chi connectivity index (χ0) is 29.2. The number of benzene rings is 1. The molecule has 10 nitrogen and oxygen atoms in total. The Labute approximate surface area is 250 Å². The van der Waals surface area contributed by atoms with Gasteiger partial charge < -0.3 is 25.4 Å². The SMILES string of the molecule is CCCC(=O)N[C@@H](Cc1nc2ccc(Cl)cc2s1)C(=O)N[C@H](CNC(=O)C(C)CN1CCOCC1)C1CCOCC1. The highest BCUT2D eigenvalue weighted by Crippen LogP contribution is 2.26. The van der Waals surface area contributed by atoms with E-state index in [1.54, 1.807) is 6.07 Å². The van der Waals surface area contributed by atoms with Crippen LogP contribution in [0.2, 0.25) is 5.02 Å². The van der Waals surface area contributed by atoms with Gasteiger partial charge in [0.05, 0.1) is 28.4 Å². The van der Waals surface area contributed by atoms with E-state index in [0.29, 0.717) is 57.4 Å². The summed E-state index contributed by atoms with van der Waals surface area (Å²) in [7, 11) is 0. The van der Waals surface area contributed by atoms with Crippen molar-refractivity contribution in [2.45, 2.75) is 58.0 Å². The Bertz CT molecular complexity index is 1170. The van der Waals surface area contributed by atoms with E-state index in [9.17, 15) is 14.4 Å². The van der Waals surface area contributed by atoms with Crippen molar-refractivity contribution in [2.24, 2.45) is 11.8 Å². The number of rotatable bonds is 13. The number of aromatic nitrogens is 1. The van der Waals surface area contributed by atoms with Gasteiger partial charge in [-0.3, -0.25) is 19.3 Å². The number of hydrogen-bond donors (Lipinski definition) is 3. The molecule has 226 valence electrons. The van der Waals surface area contributed by atoms with Crippen LogP contribution in [-0.2, 0) is 30.3 Å². The second-order valence-electron chi connectivity index (χ2n) is 10.9. The number of carbonyl (C=O) groups excluding carboxylic acids is 3. The smallest absolute Gasteiger partial charge is 0.243 e. The average Bonchev–Trinajstić information content (AvgIpc) is 3.37. The number of nitrogens with zero attached hydrogens (tertiary/aromatic N) is 2. The summed E-state index contributed by atoms with van der Waals surface area (Å²) in [6.45, 7) is 9.09.